The van der Waals surface area contributed by atoms with Crippen LogP contribution in [0.2, 0.25) is 10.0 Å². The number of halogens is 2. The zero-order valence-electron chi connectivity index (χ0n) is 12.2. The molecule has 0 aromatic heterocycles. The van der Waals surface area contributed by atoms with E-state index in [2.05, 4.69) is 26.1 Å². The predicted octanol–water partition coefficient (Wildman–Crippen LogP) is 5.34. The molecule has 1 N–H and O–H groups in total. The lowest BCUT2D eigenvalue weighted by Crippen LogP contribution is -2.31. The molecule has 0 saturated heterocycles. The van der Waals surface area contributed by atoms with Crippen molar-refractivity contribution in [2.45, 2.75) is 52.5 Å². The summed E-state index contributed by atoms with van der Waals surface area (Å²) >= 11 is 12.5. The molecule has 0 spiro atoms. The number of rotatable bonds is 8. The largest absolute Gasteiger partial charge is 0.314 e. The second kappa shape index (κ2) is 8.84. The normalized spacial score (nSPS) is 12.9. The third-order valence-corrected chi connectivity index (χ3v) is 4.05. The fraction of sp³-hybridized carbons (Fsp3) is 0.625. The van der Waals surface area contributed by atoms with Crippen molar-refractivity contribution >= 4 is 23.2 Å². The molecule has 0 saturated carbocycles. The van der Waals surface area contributed by atoms with Crippen molar-refractivity contribution < 1.29 is 0 Å². The van der Waals surface area contributed by atoms with Crippen molar-refractivity contribution in [1.29, 1.82) is 0 Å². The van der Waals surface area contributed by atoms with Gasteiger partial charge in [-0.05, 0) is 43.0 Å². The van der Waals surface area contributed by atoms with Crippen LogP contribution in [0.1, 0.15) is 45.6 Å². The zero-order chi connectivity index (χ0) is 14.3. The zero-order valence-corrected chi connectivity index (χ0v) is 13.7. The van der Waals surface area contributed by atoms with Gasteiger partial charge in [0.25, 0.3) is 0 Å². The van der Waals surface area contributed by atoms with Crippen LogP contribution in [-0.2, 0) is 6.42 Å². The Kier molecular flexibility index (Phi) is 7.82. The van der Waals surface area contributed by atoms with Crippen LogP contribution in [0.5, 0.6) is 0 Å². The Labute approximate surface area is 127 Å². The van der Waals surface area contributed by atoms with Gasteiger partial charge in [0.1, 0.15) is 0 Å². The molecule has 0 bridgehead atoms. The van der Waals surface area contributed by atoms with Gasteiger partial charge in [0.2, 0.25) is 0 Å². The van der Waals surface area contributed by atoms with E-state index in [-0.39, 0.29) is 0 Å². The minimum Gasteiger partial charge on any atom is -0.314 e. The van der Waals surface area contributed by atoms with E-state index in [1.807, 2.05) is 18.2 Å². The minimum absolute atomic E-state index is 0.459. The van der Waals surface area contributed by atoms with Crippen molar-refractivity contribution in [2.24, 2.45) is 5.92 Å². The second-order valence-corrected chi connectivity index (χ2v) is 6.30. The number of likely N-dealkylation sites (N-methyl/N-ethyl adjacent to an activating group) is 1. The molecule has 3 heteroatoms. The van der Waals surface area contributed by atoms with Crippen LogP contribution in [0.3, 0.4) is 0 Å². The van der Waals surface area contributed by atoms with Crippen molar-refractivity contribution in [2.75, 3.05) is 6.54 Å². The van der Waals surface area contributed by atoms with E-state index in [4.69, 9.17) is 23.2 Å². The molecule has 1 nitrogen and oxygen atoms in total. The average molecular weight is 302 g/mol. The van der Waals surface area contributed by atoms with Crippen LogP contribution in [0.25, 0.3) is 0 Å². The lowest BCUT2D eigenvalue weighted by Gasteiger charge is -2.20. The average Bonchev–Trinajstić information content (AvgIpc) is 2.33. The number of hydrogen-bond acceptors (Lipinski definition) is 1. The molecule has 0 aliphatic carbocycles. The molecule has 0 amide bonds. The molecule has 0 fully saturated rings. The highest BCUT2D eigenvalue weighted by molar-refractivity contribution is 6.35. The molecule has 108 valence electrons. The van der Waals surface area contributed by atoms with Gasteiger partial charge >= 0.3 is 0 Å². The van der Waals surface area contributed by atoms with Gasteiger partial charge in [-0.2, -0.15) is 0 Å². The second-order valence-electron chi connectivity index (χ2n) is 5.48. The maximum absolute atomic E-state index is 6.25. The van der Waals surface area contributed by atoms with Crippen molar-refractivity contribution in [3.8, 4) is 0 Å². The van der Waals surface area contributed by atoms with E-state index < -0.39 is 0 Å². The standard InChI is InChI=1S/C16H25Cl2N/c1-4-19-13(8-5-7-12(2)3)11-14-15(17)9-6-10-16(14)18/h6,9-10,12-13,19H,4-5,7-8,11H2,1-3H3. The van der Waals surface area contributed by atoms with Crippen LogP contribution in [0, 0.1) is 5.92 Å². The van der Waals surface area contributed by atoms with Crippen LogP contribution >= 0.6 is 23.2 Å². The number of nitrogens with one attached hydrogen (secondary N) is 1. The Bertz CT molecular complexity index is 357. The fourth-order valence-corrected chi connectivity index (χ4v) is 2.86. The van der Waals surface area contributed by atoms with Crippen molar-refractivity contribution in [3.63, 3.8) is 0 Å². The summed E-state index contributed by atoms with van der Waals surface area (Å²) in [6.07, 6.45) is 4.60. The van der Waals surface area contributed by atoms with Crippen molar-refractivity contribution in [3.05, 3.63) is 33.8 Å². The predicted molar refractivity (Wildman–Crippen MR) is 86.3 cm³/mol. The first kappa shape index (κ1) is 16.8. The van der Waals surface area contributed by atoms with Gasteiger partial charge in [0.05, 0.1) is 0 Å². The molecular weight excluding hydrogens is 277 g/mol. The Morgan fingerprint density at radius 1 is 1.11 bits per heavy atom. The molecule has 1 unspecified atom stereocenters. The molecule has 1 aromatic carbocycles. The summed E-state index contributed by atoms with van der Waals surface area (Å²) in [7, 11) is 0. The minimum atomic E-state index is 0.459. The van der Waals surface area contributed by atoms with Gasteiger partial charge in [-0.25, -0.2) is 0 Å². The topological polar surface area (TPSA) is 12.0 Å². The van der Waals surface area contributed by atoms with Gasteiger partial charge in [-0.1, -0.05) is 62.9 Å². The molecule has 0 aliphatic heterocycles. The highest BCUT2D eigenvalue weighted by Gasteiger charge is 2.13. The van der Waals surface area contributed by atoms with Crippen LogP contribution in [0.4, 0.5) is 0 Å². The Morgan fingerprint density at radius 3 is 2.26 bits per heavy atom. The van der Waals surface area contributed by atoms with Gasteiger partial charge in [-0.15, -0.1) is 0 Å². The Hall–Kier alpha value is -0.240. The molecule has 19 heavy (non-hydrogen) atoms. The first-order valence-corrected chi connectivity index (χ1v) is 7.96. The lowest BCUT2D eigenvalue weighted by atomic mass is 9.98. The maximum atomic E-state index is 6.25. The van der Waals surface area contributed by atoms with Gasteiger partial charge in [-0.3, -0.25) is 0 Å². The monoisotopic (exact) mass is 301 g/mol. The van der Waals surface area contributed by atoms with Gasteiger partial charge < -0.3 is 5.32 Å². The molecule has 0 aliphatic rings. The van der Waals surface area contributed by atoms with Gasteiger partial charge in [0, 0.05) is 16.1 Å². The van der Waals surface area contributed by atoms with E-state index in [0.29, 0.717) is 6.04 Å². The fourth-order valence-electron chi connectivity index (χ4n) is 2.31. The van der Waals surface area contributed by atoms with Crippen LogP contribution < -0.4 is 5.32 Å². The quantitative estimate of drug-likeness (QED) is 0.683. The molecule has 1 rings (SSSR count). The first-order chi connectivity index (χ1) is 9.04. The number of hydrogen-bond donors (Lipinski definition) is 1. The molecule has 1 aromatic rings. The molecule has 1 atom stereocenters. The van der Waals surface area contributed by atoms with Crippen molar-refractivity contribution in [1.82, 2.24) is 5.32 Å². The van der Waals surface area contributed by atoms with Gasteiger partial charge in [0.15, 0.2) is 0 Å². The third kappa shape index (κ3) is 6.16. The molecule has 0 radical (unpaired) electrons. The lowest BCUT2D eigenvalue weighted by molar-refractivity contribution is 0.442. The molecule has 0 heterocycles. The summed E-state index contributed by atoms with van der Waals surface area (Å²) in [5.74, 6) is 0.770. The van der Waals surface area contributed by atoms with Crippen LogP contribution in [0.15, 0.2) is 18.2 Å². The summed E-state index contributed by atoms with van der Waals surface area (Å²) in [5.41, 5.74) is 1.07. The summed E-state index contributed by atoms with van der Waals surface area (Å²) in [4.78, 5) is 0. The maximum Gasteiger partial charge on any atom is 0.0453 e. The van der Waals surface area contributed by atoms with E-state index in [0.717, 1.165) is 34.5 Å². The highest BCUT2D eigenvalue weighted by atomic mass is 35.5. The summed E-state index contributed by atoms with van der Waals surface area (Å²) < 4.78 is 0. The highest BCUT2D eigenvalue weighted by Crippen LogP contribution is 2.26. The Morgan fingerprint density at radius 2 is 1.74 bits per heavy atom. The summed E-state index contributed by atoms with van der Waals surface area (Å²) in [5, 5.41) is 5.10. The van der Waals surface area contributed by atoms with Crippen LogP contribution in [-0.4, -0.2) is 12.6 Å². The summed E-state index contributed by atoms with van der Waals surface area (Å²) in [6.45, 7) is 7.67. The third-order valence-electron chi connectivity index (χ3n) is 3.34. The van der Waals surface area contributed by atoms with E-state index in [1.165, 1.54) is 19.3 Å². The first-order valence-electron chi connectivity index (χ1n) is 7.20. The number of benzene rings is 1. The Balaban J connectivity index is 2.62. The van der Waals surface area contributed by atoms with E-state index in [9.17, 15) is 0 Å². The summed E-state index contributed by atoms with van der Waals surface area (Å²) in [6, 6.07) is 6.19. The van der Waals surface area contributed by atoms with E-state index in [1.54, 1.807) is 0 Å². The molecular formula is C16H25Cl2N. The van der Waals surface area contributed by atoms with E-state index >= 15 is 0 Å². The SMILES string of the molecule is CCNC(CCCC(C)C)Cc1c(Cl)cccc1Cl. The smallest absolute Gasteiger partial charge is 0.0453 e.